The first-order valence-electron chi connectivity index (χ1n) is 5.28. The number of hydrogen-bond donors (Lipinski definition) is 0. The highest BCUT2D eigenvalue weighted by atomic mass is 16.7. The van der Waals surface area contributed by atoms with Crippen LogP contribution in [0.25, 0.3) is 0 Å². The van der Waals surface area contributed by atoms with Gasteiger partial charge >= 0.3 is 0 Å². The fraction of sp³-hybridized carbons (Fsp3) is 0.727. The maximum Gasteiger partial charge on any atom is 0.188 e. The molecule has 1 aliphatic carbocycles. The molecule has 0 N–H and O–H groups in total. The summed E-state index contributed by atoms with van der Waals surface area (Å²) in [5.41, 5.74) is 0. The fourth-order valence-electron chi connectivity index (χ4n) is 2.03. The predicted molar refractivity (Wildman–Crippen MR) is 51.6 cm³/mol. The Morgan fingerprint density at radius 1 is 1.43 bits per heavy atom. The molecule has 1 aliphatic heterocycles. The molecule has 3 heteroatoms. The maximum atomic E-state index is 11.6. The molecule has 0 aromatic heterocycles. The average molecular weight is 196 g/mol. The van der Waals surface area contributed by atoms with E-state index in [9.17, 15) is 4.79 Å². The van der Waals surface area contributed by atoms with Gasteiger partial charge in [0.05, 0.1) is 12.4 Å². The number of carbonyl (C=O) groups excluding carboxylic acids is 1. The molecule has 14 heavy (non-hydrogen) atoms. The standard InChI is InChI=1S/C11H16O3/c12-11-4-2-1-3-9(11)7-10-5-6-13-8-14-10/h5,9H,1-4,6-8H2. The van der Waals surface area contributed by atoms with E-state index in [1.54, 1.807) is 0 Å². The van der Waals surface area contributed by atoms with Crippen LogP contribution >= 0.6 is 0 Å². The molecule has 1 saturated carbocycles. The molecule has 78 valence electrons. The minimum absolute atomic E-state index is 0.202. The number of hydrogen-bond acceptors (Lipinski definition) is 3. The lowest BCUT2D eigenvalue weighted by molar-refractivity contribution is -0.125. The minimum Gasteiger partial charge on any atom is -0.472 e. The van der Waals surface area contributed by atoms with Crippen LogP contribution < -0.4 is 0 Å². The third-order valence-electron chi connectivity index (χ3n) is 2.89. The first-order chi connectivity index (χ1) is 6.86. The van der Waals surface area contributed by atoms with E-state index in [0.29, 0.717) is 19.2 Å². The summed E-state index contributed by atoms with van der Waals surface area (Å²) in [5, 5.41) is 0. The van der Waals surface area contributed by atoms with E-state index < -0.39 is 0 Å². The van der Waals surface area contributed by atoms with Gasteiger partial charge in [0.25, 0.3) is 0 Å². The number of ether oxygens (including phenoxy) is 2. The van der Waals surface area contributed by atoms with Crippen molar-refractivity contribution in [2.24, 2.45) is 5.92 Å². The Morgan fingerprint density at radius 3 is 3.07 bits per heavy atom. The van der Waals surface area contributed by atoms with Gasteiger partial charge in [-0.25, -0.2) is 0 Å². The molecule has 0 radical (unpaired) electrons. The van der Waals surface area contributed by atoms with Crippen molar-refractivity contribution >= 4 is 5.78 Å². The van der Waals surface area contributed by atoms with Crippen molar-refractivity contribution in [1.29, 1.82) is 0 Å². The van der Waals surface area contributed by atoms with Gasteiger partial charge in [0, 0.05) is 18.8 Å². The van der Waals surface area contributed by atoms with Crippen molar-refractivity contribution in [2.45, 2.75) is 32.1 Å². The van der Waals surface area contributed by atoms with E-state index in [0.717, 1.165) is 31.4 Å². The summed E-state index contributed by atoms with van der Waals surface area (Å²) >= 11 is 0. The molecule has 1 unspecified atom stereocenters. The van der Waals surface area contributed by atoms with Crippen LogP contribution in [0.2, 0.25) is 0 Å². The second-order valence-electron chi connectivity index (χ2n) is 3.92. The van der Waals surface area contributed by atoms with E-state index in [4.69, 9.17) is 9.47 Å². The van der Waals surface area contributed by atoms with Gasteiger partial charge < -0.3 is 9.47 Å². The largest absolute Gasteiger partial charge is 0.472 e. The number of Topliss-reactive ketones (excluding diaryl/α,β-unsaturated/α-hetero) is 1. The number of ketones is 1. The lowest BCUT2D eigenvalue weighted by Gasteiger charge is -2.23. The molecule has 2 rings (SSSR count). The van der Waals surface area contributed by atoms with Gasteiger partial charge in [-0.2, -0.15) is 0 Å². The summed E-state index contributed by atoms with van der Waals surface area (Å²) < 4.78 is 10.3. The molecule has 0 aromatic rings. The summed E-state index contributed by atoms with van der Waals surface area (Å²) in [6.07, 6.45) is 6.75. The number of rotatable bonds is 2. The highest BCUT2D eigenvalue weighted by molar-refractivity contribution is 5.81. The van der Waals surface area contributed by atoms with Crippen LogP contribution in [0.3, 0.4) is 0 Å². The van der Waals surface area contributed by atoms with Crippen molar-refractivity contribution in [3.8, 4) is 0 Å². The summed E-state index contributed by atoms with van der Waals surface area (Å²) in [6.45, 7) is 0.961. The van der Waals surface area contributed by atoms with Crippen molar-refractivity contribution in [3.05, 3.63) is 11.8 Å². The summed E-state index contributed by atoms with van der Waals surface area (Å²) in [5.74, 6) is 1.55. The van der Waals surface area contributed by atoms with Gasteiger partial charge in [-0.05, 0) is 18.9 Å². The van der Waals surface area contributed by atoms with Crippen molar-refractivity contribution in [3.63, 3.8) is 0 Å². The quantitative estimate of drug-likeness (QED) is 0.677. The first kappa shape index (κ1) is 9.71. The zero-order chi connectivity index (χ0) is 9.80. The van der Waals surface area contributed by atoms with Gasteiger partial charge in [-0.15, -0.1) is 0 Å². The Balaban J connectivity index is 1.88. The Hall–Kier alpha value is -0.830. The summed E-state index contributed by atoms with van der Waals surface area (Å²) in [4.78, 5) is 11.6. The Morgan fingerprint density at radius 2 is 2.36 bits per heavy atom. The van der Waals surface area contributed by atoms with E-state index in [2.05, 4.69) is 0 Å². The third-order valence-corrected chi connectivity index (χ3v) is 2.89. The number of allylic oxidation sites excluding steroid dienone is 1. The summed E-state index contributed by atoms with van der Waals surface area (Å²) in [6, 6.07) is 0. The van der Waals surface area contributed by atoms with Gasteiger partial charge in [-0.3, -0.25) is 4.79 Å². The molecule has 3 nitrogen and oxygen atoms in total. The molecular formula is C11H16O3. The van der Waals surface area contributed by atoms with Gasteiger partial charge in [0.15, 0.2) is 6.79 Å². The Labute approximate surface area is 84.1 Å². The molecule has 0 amide bonds. The zero-order valence-corrected chi connectivity index (χ0v) is 8.33. The topological polar surface area (TPSA) is 35.5 Å². The van der Waals surface area contributed by atoms with Crippen LogP contribution in [0.4, 0.5) is 0 Å². The van der Waals surface area contributed by atoms with Crippen LogP contribution in [0.15, 0.2) is 11.8 Å². The Kier molecular flexibility index (Phi) is 3.19. The Bertz CT molecular complexity index is 245. The molecule has 1 fully saturated rings. The SMILES string of the molecule is O=C1CCCCC1CC1=CCOCO1. The lowest BCUT2D eigenvalue weighted by atomic mass is 9.85. The fourth-order valence-corrected chi connectivity index (χ4v) is 2.03. The molecular weight excluding hydrogens is 180 g/mol. The second kappa shape index (κ2) is 4.60. The second-order valence-corrected chi connectivity index (χ2v) is 3.92. The molecule has 0 bridgehead atoms. The third kappa shape index (κ3) is 2.35. The van der Waals surface area contributed by atoms with Crippen molar-refractivity contribution in [2.75, 3.05) is 13.4 Å². The monoisotopic (exact) mass is 196 g/mol. The van der Waals surface area contributed by atoms with Gasteiger partial charge in [-0.1, -0.05) is 6.42 Å². The lowest BCUT2D eigenvalue weighted by Crippen LogP contribution is -2.21. The smallest absolute Gasteiger partial charge is 0.188 e. The van der Waals surface area contributed by atoms with Crippen LogP contribution in [0, 0.1) is 5.92 Å². The minimum atomic E-state index is 0.202. The van der Waals surface area contributed by atoms with Crippen molar-refractivity contribution < 1.29 is 14.3 Å². The van der Waals surface area contributed by atoms with Crippen LogP contribution in [0.5, 0.6) is 0 Å². The number of carbonyl (C=O) groups is 1. The van der Waals surface area contributed by atoms with Gasteiger partial charge in [0.2, 0.25) is 0 Å². The maximum absolute atomic E-state index is 11.6. The van der Waals surface area contributed by atoms with Gasteiger partial charge in [0.1, 0.15) is 5.78 Å². The summed E-state index contributed by atoms with van der Waals surface area (Å²) in [7, 11) is 0. The molecule has 2 aliphatic rings. The molecule has 1 heterocycles. The van der Waals surface area contributed by atoms with Crippen LogP contribution in [-0.2, 0) is 14.3 Å². The molecule has 0 aromatic carbocycles. The van der Waals surface area contributed by atoms with E-state index >= 15 is 0 Å². The first-order valence-corrected chi connectivity index (χ1v) is 5.28. The van der Waals surface area contributed by atoms with Crippen LogP contribution in [-0.4, -0.2) is 19.2 Å². The molecule has 0 saturated heterocycles. The zero-order valence-electron chi connectivity index (χ0n) is 8.33. The molecule has 1 atom stereocenters. The van der Waals surface area contributed by atoms with E-state index in [1.165, 1.54) is 6.42 Å². The predicted octanol–water partition coefficient (Wildman–Crippen LogP) is 2.02. The normalized spacial score (nSPS) is 28.1. The van der Waals surface area contributed by atoms with Crippen molar-refractivity contribution in [1.82, 2.24) is 0 Å². The van der Waals surface area contributed by atoms with E-state index in [-0.39, 0.29) is 5.92 Å². The van der Waals surface area contributed by atoms with Crippen LogP contribution in [0.1, 0.15) is 32.1 Å². The molecule has 0 spiro atoms. The highest BCUT2D eigenvalue weighted by Crippen LogP contribution is 2.27. The highest BCUT2D eigenvalue weighted by Gasteiger charge is 2.24. The van der Waals surface area contributed by atoms with E-state index in [1.807, 2.05) is 6.08 Å². The average Bonchev–Trinajstić information content (AvgIpc) is 2.23.